The van der Waals surface area contributed by atoms with Crippen molar-refractivity contribution >= 4 is 0 Å². The van der Waals surface area contributed by atoms with Crippen LogP contribution in [0, 0.1) is 13.8 Å². The molecule has 0 aliphatic carbocycles. The van der Waals surface area contributed by atoms with E-state index in [0.29, 0.717) is 6.04 Å². The lowest BCUT2D eigenvalue weighted by atomic mass is 10.1. The Bertz CT molecular complexity index is 473. The Morgan fingerprint density at radius 1 is 1.18 bits per heavy atom. The number of aryl methyl sites for hydroxylation is 2. The molecule has 1 unspecified atom stereocenters. The minimum atomic E-state index is 0.551. The van der Waals surface area contributed by atoms with Crippen LogP contribution in [0.5, 0.6) is 0 Å². The van der Waals surface area contributed by atoms with Gasteiger partial charge in [0.1, 0.15) is 0 Å². The van der Waals surface area contributed by atoms with E-state index < -0.39 is 0 Å². The Labute approximate surface area is 134 Å². The van der Waals surface area contributed by atoms with E-state index in [-0.39, 0.29) is 0 Å². The van der Waals surface area contributed by atoms with Gasteiger partial charge in [0.05, 0.1) is 12.2 Å². The lowest BCUT2D eigenvalue weighted by Crippen LogP contribution is -2.54. The third kappa shape index (κ3) is 3.70. The molecule has 0 bridgehead atoms. The molecule has 2 fully saturated rings. The Balaban J connectivity index is 1.49. The average molecular weight is 306 g/mol. The lowest BCUT2D eigenvalue weighted by molar-refractivity contribution is 0.00615. The molecule has 124 valence electrons. The van der Waals surface area contributed by atoms with E-state index in [4.69, 9.17) is 4.74 Å². The van der Waals surface area contributed by atoms with Crippen molar-refractivity contribution in [1.82, 2.24) is 19.6 Å². The van der Waals surface area contributed by atoms with Gasteiger partial charge >= 0.3 is 0 Å². The van der Waals surface area contributed by atoms with Crippen LogP contribution in [0.15, 0.2) is 6.07 Å². The van der Waals surface area contributed by atoms with Crippen LogP contribution < -0.4 is 0 Å². The van der Waals surface area contributed by atoms with Gasteiger partial charge in [-0.3, -0.25) is 14.5 Å². The van der Waals surface area contributed by atoms with Crippen LogP contribution in [0.3, 0.4) is 0 Å². The molecule has 2 saturated heterocycles. The maximum atomic E-state index is 5.48. The van der Waals surface area contributed by atoms with Gasteiger partial charge in [-0.1, -0.05) is 0 Å². The smallest absolute Gasteiger partial charge is 0.0596 e. The van der Waals surface area contributed by atoms with E-state index in [1.165, 1.54) is 44.7 Å². The minimum Gasteiger partial charge on any atom is -0.381 e. The molecule has 2 aliphatic rings. The predicted molar refractivity (Wildman–Crippen MR) is 88.2 cm³/mol. The summed E-state index contributed by atoms with van der Waals surface area (Å²) in [7, 11) is 0. The largest absolute Gasteiger partial charge is 0.381 e. The molecule has 3 heterocycles. The van der Waals surface area contributed by atoms with Crippen LogP contribution in [0.2, 0.25) is 0 Å². The van der Waals surface area contributed by atoms with Gasteiger partial charge in [-0.25, -0.2) is 0 Å². The first-order valence-corrected chi connectivity index (χ1v) is 8.70. The van der Waals surface area contributed by atoms with Gasteiger partial charge in [0, 0.05) is 57.2 Å². The number of nitrogens with zero attached hydrogens (tertiary/aromatic N) is 4. The van der Waals surface area contributed by atoms with E-state index in [0.717, 1.165) is 31.5 Å². The van der Waals surface area contributed by atoms with Crippen molar-refractivity contribution in [2.45, 2.75) is 52.2 Å². The zero-order valence-electron chi connectivity index (χ0n) is 14.3. The highest BCUT2D eigenvalue weighted by molar-refractivity contribution is 5.06. The van der Waals surface area contributed by atoms with E-state index >= 15 is 0 Å². The molecule has 22 heavy (non-hydrogen) atoms. The number of rotatable bonds is 4. The number of aromatic nitrogens is 2. The summed E-state index contributed by atoms with van der Waals surface area (Å²) in [6, 6.07) is 3.47. The molecule has 2 aliphatic heterocycles. The third-order valence-corrected chi connectivity index (χ3v) is 5.22. The first-order chi connectivity index (χ1) is 10.6. The number of piperazine rings is 1. The second kappa shape index (κ2) is 7.11. The predicted octanol–water partition coefficient (Wildman–Crippen LogP) is 1.69. The fourth-order valence-electron chi connectivity index (χ4n) is 3.82. The summed E-state index contributed by atoms with van der Waals surface area (Å²) in [6.07, 6.45) is 2.42. The monoisotopic (exact) mass is 306 g/mol. The second-order valence-corrected chi connectivity index (χ2v) is 6.87. The Hall–Kier alpha value is -0.910. The van der Waals surface area contributed by atoms with Gasteiger partial charge in [0.2, 0.25) is 0 Å². The summed E-state index contributed by atoms with van der Waals surface area (Å²) in [5.74, 6) is 0. The van der Waals surface area contributed by atoms with E-state index in [2.05, 4.69) is 46.4 Å². The Morgan fingerprint density at radius 2 is 1.86 bits per heavy atom. The van der Waals surface area contributed by atoms with Crippen molar-refractivity contribution in [3.63, 3.8) is 0 Å². The highest BCUT2D eigenvalue weighted by atomic mass is 16.5. The fourth-order valence-corrected chi connectivity index (χ4v) is 3.82. The highest BCUT2D eigenvalue weighted by Crippen LogP contribution is 2.18. The molecule has 1 atom stereocenters. The van der Waals surface area contributed by atoms with Gasteiger partial charge in [-0.05, 0) is 39.7 Å². The van der Waals surface area contributed by atoms with E-state index in [1.54, 1.807) is 0 Å². The average Bonchev–Trinajstić information content (AvgIpc) is 2.86. The first kappa shape index (κ1) is 16.0. The Kier molecular flexibility index (Phi) is 5.16. The topological polar surface area (TPSA) is 33.5 Å². The van der Waals surface area contributed by atoms with Crippen LogP contribution in [-0.4, -0.2) is 71.1 Å². The molecule has 0 saturated carbocycles. The van der Waals surface area contributed by atoms with Crippen LogP contribution in [0.4, 0.5) is 0 Å². The van der Waals surface area contributed by atoms with Crippen molar-refractivity contribution in [1.29, 1.82) is 0 Å². The quantitative estimate of drug-likeness (QED) is 0.847. The van der Waals surface area contributed by atoms with Crippen molar-refractivity contribution in [3.05, 3.63) is 17.5 Å². The fraction of sp³-hybridized carbons (Fsp3) is 0.824. The molecule has 0 radical (unpaired) electrons. The normalized spacial score (nSPS) is 23.8. The number of hydrogen-bond donors (Lipinski definition) is 0. The summed E-state index contributed by atoms with van der Waals surface area (Å²) in [5, 5.41) is 4.60. The maximum Gasteiger partial charge on any atom is 0.0596 e. The Morgan fingerprint density at radius 3 is 2.45 bits per heavy atom. The molecule has 0 N–H and O–H groups in total. The van der Waals surface area contributed by atoms with Gasteiger partial charge in [-0.15, -0.1) is 0 Å². The SMILES string of the molecule is Cc1cc(C)n(CC(C)N2CCN(C3CCOCC3)CC2)n1. The number of ether oxygens (including phenoxy) is 1. The van der Waals surface area contributed by atoms with Crippen molar-refractivity contribution in [2.24, 2.45) is 0 Å². The lowest BCUT2D eigenvalue weighted by Gasteiger charge is -2.42. The molecule has 0 amide bonds. The summed E-state index contributed by atoms with van der Waals surface area (Å²) in [5.41, 5.74) is 2.39. The third-order valence-electron chi connectivity index (χ3n) is 5.22. The second-order valence-electron chi connectivity index (χ2n) is 6.87. The van der Waals surface area contributed by atoms with Crippen LogP contribution in [0.1, 0.15) is 31.2 Å². The molecule has 0 aromatic carbocycles. The first-order valence-electron chi connectivity index (χ1n) is 8.70. The van der Waals surface area contributed by atoms with Gasteiger partial charge < -0.3 is 4.74 Å². The zero-order valence-corrected chi connectivity index (χ0v) is 14.3. The highest BCUT2D eigenvalue weighted by Gasteiger charge is 2.27. The van der Waals surface area contributed by atoms with Crippen LogP contribution >= 0.6 is 0 Å². The van der Waals surface area contributed by atoms with Gasteiger partial charge in [0.15, 0.2) is 0 Å². The molecule has 0 spiro atoms. The van der Waals surface area contributed by atoms with Crippen LogP contribution in [0.25, 0.3) is 0 Å². The van der Waals surface area contributed by atoms with E-state index in [1.807, 2.05) is 0 Å². The summed E-state index contributed by atoms with van der Waals surface area (Å²) in [4.78, 5) is 5.29. The number of hydrogen-bond acceptors (Lipinski definition) is 4. The standard InChI is InChI=1S/C17H30N4O/c1-14-12-15(2)21(18-14)13-16(3)19-6-8-20(9-7-19)17-4-10-22-11-5-17/h12,16-17H,4-11,13H2,1-3H3. The maximum absolute atomic E-state index is 5.48. The minimum absolute atomic E-state index is 0.551. The van der Waals surface area contributed by atoms with Crippen molar-refractivity contribution in [2.75, 3.05) is 39.4 Å². The molecule has 3 rings (SSSR count). The molecule has 5 heteroatoms. The molecule has 5 nitrogen and oxygen atoms in total. The van der Waals surface area contributed by atoms with Gasteiger partial charge in [0.25, 0.3) is 0 Å². The molecule has 1 aromatic heterocycles. The summed E-state index contributed by atoms with van der Waals surface area (Å²) < 4.78 is 7.64. The summed E-state index contributed by atoms with van der Waals surface area (Å²) in [6.45, 7) is 14.2. The van der Waals surface area contributed by atoms with Gasteiger partial charge in [-0.2, -0.15) is 5.10 Å². The van der Waals surface area contributed by atoms with Crippen molar-refractivity contribution in [3.8, 4) is 0 Å². The molecule has 1 aromatic rings. The summed E-state index contributed by atoms with van der Waals surface area (Å²) >= 11 is 0. The van der Waals surface area contributed by atoms with Crippen LogP contribution in [-0.2, 0) is 11.3 Å². The zero-order chi connectivity index (χ0) is 15.5. The molecular weight excluding hydrogens is 276 g/mol. The van der Waals surface area contributed by atoms with Crippen molar-refractivity contribution < 1.29 is 4.74 Å². The molecular formula is C17H30N4O. The van der Waals surface area contributed by atoms with E-state index in [9.17, 15) is 0 Å².